The minimum absolute atomic E-state index is 0.987. The van der Waals surface area contributed by atoms with Crippen LogP contribution < -0.4 is 0 Å². The van der Waals surface area contributed by atoms with Gasteiger partial charge in [0.05, 0.1) is 0 Å². The summed E-state index contributed by atoms with van der Waals surface area (Å²) in [4.78, 5) is 0. The summed E-state index contributed by atoms with van der Waals surface area (Å²) >= 11 is 0. The Morgan fingerprint density at radius 2 is 1.09 bits per heavy atom. The zero-order chi connectivity index (χ0) is 15.8. The van der Waals surface area contributed by atoms with Gasteiger partial charge in [-0.3, -0.25) is 0 Å². The first kappa shape index (κ1) is 14.1. The lowest BCUT2D eigenvalue weighted by Gasteiger charge is -1.98. The number of fused-ring (bicyclic) bond motifs is 2. The van der Waals surface area contributed by atoms with Crippen LogP contribution in [0.5, 0.6) is 0 Å². The molecule has 4 rings (SSSR count). The molecule has 0 spiro atoms. The second kappa shape index (κ2) is 5.62. The summed E-state index contributed by atoms with van der Waals surface area (Å²) in [5.41, 5.74) is 5.51. The first-order valence-corrected chi connectivity index (χ1v) is 8.45. The maximum Gasteiger partial charge on any atom is 0.0483 e. The molecule has 4 aromatic rings. The molecule has 0 amide bonds. The van der Waals surface area contributed by atoms with Crippen molar-refractivity contribution in [1.82, 2.24) is 9.13 Å². The van der Waals surface area contributed by atoms with E-state index in [1.54, 1.807) is 0 Å². The normalized spacial score (nSPS) is 11.6. The van der Waals surface area contributed by atoms with Gasteiger partial charge in [0.25, 0.3) is 0 Å². The summed E-state index contributed by atoms with van der Waals surface area (Å²) in [5.74, 6) is 0. The number of benzene rings is 2. The van der Waals surface area contributed by atoms with Gasteiger partial charge in [-0.25, -0.2) is 0 Å². The van der Waals surface area contributed by atoms with E-state index in [0.717, 1.165) is 19.5 Å². The summed E-state index contributed by atoms with van der Waals surface area (Å²) < 4.78 is 4.70. The number of rotatable bonds is 4. The van der Waals surface area contributed by atoms with Crippen molar-refractivity contribution in [3.05, 3.63) is 72.1 Å². The van der Waals surface area contributed by atoms with E-state index in [9.17, 15) is 0 Å². The number of aryl methyl sites for hydroxylation is 2. The molecule has 0 aliphatic rings. The monoisotopic (exact) mass is 302 g/mol. The van der Waals surface area contributed by atoms with Crippen LogP contribution in [-0.2, 0) is 19.5 Å². The molecule has 2 aromatic carbocycles. The van der Waals surface area contributed by atoms with E-state index in [4.69, 9.17) is 0 Å². The average molecular weight is 302 g/mol. The van der Waals surface area contributed by atoms with Crippen LogP contribution in [0.3, 0.4) is 0 Å². The summed E-state index contributed by atoms with van der Waals surface area (Å²) in [7, 11) is 0. The molecular formula is C21H22N2. The number of hydrogen-bond donors (Lipinski definition) is 0. The van der Waals surface area contributed by atoms with Crippen molar-refractivity contribution in [1.29, 1.82) is 0 Å². The fourth-order valence-electron chi connectivity index (χ4n) is 3.66. The smallest absolute Gasteiger partial charge is 0.0483 e. The lowest BCUT2D eigenvalue weighted by Crippen LogP contribution is -1.91. The fourth-order valence-corrected chi connectivity index (χ4v) is 3.66. The molecule has 0 N–H and O–H groups in total. The molecule has 23 heavy (non-hydrogen) atoms. The lowest BCUT2D eigenvalue weighted by atomic mass is 10.0. The molecule has 2 aromatic heterocycles. The van der Waals surface area contributed by atoms with Gasteiger partial charge in [-0.15, -0.1) is 0 Å². The Balaban J connectivity index is 1.86. The Morgan fingerprint density at radius 3 is 1.52 bits per heavy atom. The van der Waals surface area contributed by atoms with Crippen LogP contribution in [0.25, 0.3) is 21.8 Å². The van der Waals surface area contributed by atoms with E-state index < -0.39 is 0 Å². The van der Waals surface area contributed by atoms with Crippen LogP contribution in [0.1, 0.15) is 25.0 Å². The summed E-state index contributed by atoms with van der Waals surface area (Å²) in [6, 6.07) is 17.5. The van der Waals surface area contributed by atoms with E-state index in [2.05, 4.69) is 83.9 Å². The third-order valence-electron chi connectivity index (χ3n) is 4.80. The molecule has 0 radical (unpaired) electrons. The maximum absolute atomic E-state index is 2.35. The third kappa shape index (κ3) is 2.26. The van der Waals surface area contributed by atoms with E-state index in [1.165, 1.54) is 32.9 Å². The van der Waals surface area contributed by atoms with Gasteiger partial charge in [0.2, 0.25) is 0 Å². The molecule has 0 fully saturated rings. The first-order valence-electron chi connectivity index (χ1n) is 8.45. The quantitative estimate of drug-likeness (QED) is 0.489. The highest BCUT2D eigenvalue weighted by Gasteiger charge is 2.12. The van der Waals surface area contributed by atoms with Crippen molar-refractivity contribution in [2.45, 2.75) is 33.4 Å². The molecule has 0 saturated carbocycles. The average Bonchev–Trinajstić information content (AvgIpc) is 3.14. The second-order valence-corrected chi connectivity index (χ2v) is 6.09. The largest absolute Gasteiger partial charge is 0.347 e. The zero-order valence-electron chi connectivity index (χ0n) is 13.8. The molecular weight excluding hydrogens is 280 g/mol. The van der Waals surface area contributed by atoms with Crippen LogP contribution >= 0.6 is 0 Å². The Hall–Kier alpha value is -2.48. The van der Waals surface area contributed by atoms with Crippen LogP contribution in [0, 0.1) is 0 Å². The summed E-state index contributed by atoms with van der Waals surface area (Å²) in [6.07, 6.45) is 5.63. The van der Waals surface area contributed by atoms with Crippen molar-refractivity contribution in [3.63, 3.8) is 0 Å². The van der Waals surface area contributed by atoms with Gasteiger partial charge >= 0.3 is 0 Å². The minimum atomic E-state index is 0.987. The molecule has 116 valence electrons. The first-order chi connectivity index (χ1) is 11.3. The highest BCUT2D eigenvalue weighted by molar-refractivity contribution is 5.87. The van der Waals surface area contributed by atoms with Gasteiger partial charge in [0.15, 0.2) is 0 Å². The van der Waals surface area contributed by atoms with Crippen molar-refractivity contribution >= 4 is 21.8 Å². The van der Waals surface area contributed by atoms with Crippen molar-refractivity contribution in [2.75, 3.05) is 0 Å². The zero-order valence-corrected chi connectivity index (χ0v) is 13.8. The molecule has 0 aliphatic carbocycles. The predicted octanol–water partition coefficient (Wildman–Crippen LogP) is 5.23. The molecule has 0 saturated heterocycles. The van der Waals surface area contributed by atoms with Gasteiger partial charge in [-0.2, -0.15) is 0 Å². The maximum atomic E-state index is 2.35. The van der Waals surface area contributed by atoms with Gasteiger partial charge in [-0.1, -0.05) is 36.4 Å². The SMILES string of the molecule is CCn1cc(Cc2cn(CC)c3ccccc23)c2ccccc21. The predicted molar refractivity (Wildman–Crippen MR) is 98.0 cm³/mol. The molecule has 0 aliphatic heterocycles. The van der Waals surface area contributed by atoms with Gasteiger partial charge in [0, 0.05) is 53.7 Å². The molecule has 2 heterocycles. The van der Waals surface area contributed by atoms with Gasteiger partial charge in [-0.05, 0) is 37.1 Å². The molecule has 0 bridgehead atoms. The van der Waals surface area contributed by atoms with E-state index >= 15 is 0 Å². The Morgan fingerprint density at radius 1 is 0.652 bits per heavy atom. The summed E-state index contributed by atoms with van der Waals surface area (Å²) in [5, 5.41) is 2.75. The van der Waals surface area contributed by atoms with Crippen molar-refractivity contribution < 1.29 is 0 Å². The van der Waals surface area contributed by atoms with Gasteiger partial charge in [0.1, 0.15) is 0 Å². The third-order valence-corrected chi connectivity index (χ3v) is 4.80. The fraction of sp³-hybridized carbons (Fsp3) is 0.238. The number of nitrogens with zero attached hydrogens (tertiary/aromatic N) is 2. The van der Waals surface area contributed by atoms with Crippen molar-refractivity contribution in [3.8, 4) is 0 Å². The number of para-hydroxylation sites is 2. The van der Waals surface area contributed by atoms with Crippen LogP contribution in [0.2, 0.25) is 0 Å². The standard InChI is InChI=1S/C21H22N2/c1-3-22-14-16(18-9-5-7-11-20(18)22)13-17-15-23(4-2)21-12-8-6-10-19(17)21/h5-12,14-15H,3-4,13H2,1-2H3. The van der Waals surface area contributed by atoms with Crippen LogP contribution in [0.4, 0.5) is 0 Å². The van der Waals surface area contributed by atoms with E-state index in [1.807, 2.05) is 0 Å². The lowest BCUT2D eigenvalue weighted by molar-refractivity contribution is 0.789. The van der Waals surface area contributed by atoms with E-state index in [-0.39, 0.29) is 0 Å². The van der Waals surface area contributed by atoms with Crippen LogP contribution in [0.15, 0.2) is 60.9 Å². The topological polar surface area (TPSA) is 9.86 Å². The van der Waals surface area contributed by atoms with Crippen molar-refractivity contribution in [2.24, 2.45) is 0 Å². The minimum Gasteiger partial charge on any atom is -0.347 e. The Kier molecular flexibility index (Phi) is 3.45. The Bertz CT molecular complexity index is 892. The van der Waals surface area contributed by atoms with Gasteiger partial charge < -0.3 is 9.13 Å². The second-order valence-electron chi connectivity index (χ2n) is 6.09. The van der Waals surface area contributed by atoms with E-state index in [0.29, 0.717) is 0 Å². The Labute approximate surface area is 137 Å². The molecule has 0 unspecified atom stereocenters. The van der Waals surface area contributed by atoms with Crippen LogP contribution in [-0.4, -0.2) is 9.13 Å². The summed E-state index contributed by atoms with van der Waals surface area (Å²) in [6.45, 7) is 6.44. The highest BCUT2D eigenvalue weighted by atomic mass is 15.0. The molecule has 2 heteroatoms. The molecule has 2 nitrogen and oxygen atoms in total. The highest BCUT2D eigenvalue weighted by Crippen LogP contribution is 2.28. The number of hydrogen-bond acceptors (Lipinski definition) is 0. The number of aromatic nitrogens is 2. The molecule has 0 atom stereocenters.